The summed E-state index contributed by atoms with van der Waals surface area (Å²) in [6, 6.07) is 5.23. The molecule has 1 unspecified atom stereocenters. The topological polar surface area (TPSA) is 93.2 Å². The van der Waals surface area contributed by atoms with Gasteiger partial charge in [-0.15, -0.1) is 0 Å². The molecule has 1 saturated carbocycles. The number of hydrogen-bond acceptors (Lipinski definition) is 7. The number of pyridine rings is 1. The van der Waals surface area contributed by atoms with Crippen molar-refractivity contribution in [2.75, 3.05) is 45.3 Å². The normalized spacial score (nSPS) is 20.6. The number of ether oxygens (including phenoxy) is 3. The first kappa shape index (κ1) is 27.6. The second kappa shape index (κ2) is 12.1. The Balaban J connectivity index is 1.12. The van der Waals surface area contributed by atoms with Gasteiger partial charge in [-0.3, -0.25) is 14.7 Å². The summed E-state index contributed by atoms with van der Waals surface area (Å²) in [7, 11) is 1.69. The number of hydrogen-bond donors (Lipinski definition) is 2. The van der Waals surface area contributed by atoms with E-state index in [1.54, 1.807) is 13.2 Å². The quantitative estimate of drug-likeness (QED) is 0.342. The number of aromatic nitrogens is 1. The zero-order valence-electron chi connectivity index (χ0n) is 23.0. The monoisotopic (exact) mass is 541 g/mol. The Morgan fingerprint density at radius 2 is 2.13 bits per heavy atom. The zero-order valence-corrected chi connectivity index (χ0v) is 23.0. The van der Waals surface area contributed by atoms with Gasteiger partial charge in [0.1, 0.15) is 23.4 Å². The minimum atomic E-state index is -1.01. The van der Waals surface area contributed by atoms with Crippen LogP contribution < -0.4 is 14.8 Å². The maximum absolute atomic E-state index is 14.2. The maximum atomic E-state index is 14.2. The van der Waals surface area contributed by atoms with Crippen LogP contribution in [0.1, 0.15) is 68.4 Å². The summed E-state index contributed by atoms with van der Waals surface area (Å²) >= 11 is 0. The minimum Gasteiger partial charge on any atom is -0.494 e. The van der Waals surface area contributed by atoms with E-state index >= 15 is 0 Å². The van der Waals surface area contributed by atoms with Gasteiger partial charge in [0.25, 0.3) is 0 Å². The predicted octanol–water partition coefficient (Wildman–Crippen LogP) is 5.01. The summed E-state index contributed by atoms with van der Waals surface area (Å²) in [5, 5.41) is 13.5. The van der Waals surface area contributed by atoms with Crippen molar-refractivity contribution in [2.45, 2.75) is 70.4 Å². The van der Waals surface area contributed by atoms with E-state index in [-0.39, 0.29) is 11.5 Å². The van der Waals surface area contributed by atoms with Gasteiger partial charge in [-0.05, 0) is 69.6 Å². The van der Waals surface area contributed by atoms with E-state index in [9.17, 15) is 14.3 Å². The Kier molecular flexibility index (Phi) is 8.57. The molecule has 2 aliphatic heterocycles. The zero-order chi connectivity index (χ0) is 27.4. The fourth-order valence-electron chi connectivity index (χ4n) is 5.50. The van der Waals surface area contributed by atoms with Gasteiger partial charge in [-0.2, -0.15) is 0 Å². The third-order valence-corrected chi connectivity index (χ3v) is 8.13. The van der Waals surface area contributed by atoms with Crippen LogP contribution in [0, 0.1) is 11.2 Å². The number of aryl methyl sites for hydroxylation is 2. The van der Waals surface area contributed by atoms with Gasteiger partial charge >= 0.3 is 5.97 Å². The molecule has 8 nitrogen and oxygen atoms in total. The van der Waals surface area contributed by atoms with E-state index < -0.39 is 17.8 Å². The average Bonchev–Trinajstić information content (AvgIpc) is 3.49. The van der Waals surface area contributed by atoms with Crippen LogP contribution in [0.15, 0.2) is 24.3 Å². The van der Waals surface area contributed by atoms with E-state index in [2.05, 4.69) is 12.2 Å². The molecule has 1 saturated heterocycles. The van der Waals surface area contributed by atoms with Crippen LogP contribution in [0.2, 0.25) is 0 Å². The molecule has 2 fully saturated rings. The summed E-state index contributed by atoms with van der Waals surface area (Å²) < 4.78 is 31.9. The first-order valence-electron chi connectivity index (χ1n) is 14.2. The number of likely N-dealkylation sites (tertiary alicyclic amines) is 1. The highest BCUT2D eigenvalue weighted by Gasteiger charge is 2.39. The number of nitrogens with one attached hydrogen (secondary N) is 1. The van der Waals surface area contributed by atoms with E-state index in [4.69, 9.17) is 19.2 Å². The second-order valence-corrected chi connectivity index (χ2v) is 11.4. The summed E-state index contributed by atoms with van der Waals surface area (Å²) in [4.78, 5) is 19.1. The lowest BCUT2D eigenvalue weighted by atomic mass is 10.0. The molecule has 5 rings (SSSR count). The van der Waals surface area contributed by atoms with Gasteiger partial charge in [0.2, 0.25) is 0 Å². The first-order chi connectivity index (χ1) is 18.8. The molecule has 9 heteroatoms. The molecule has 39 heavy (non-hydrogen) atoms. The molecule has 2 atom stereocenters. The predicted molar refractivity (Wildman–Crippen MR) is 146 cm³/mol. The van der Waals surface area contributed by atoms with Gasteiger partial charge in [0.15, 0.2) is 0 Å². The van der Waals surface area contributed by atoms with Crippen molar-refractivity contribution in [1.82, 2.24) is 9.88 Å². The summed E-state index contributed by atoms with van der Waals surface area (Å²) in [5.74, 6) is -0.162. The van der Waals surface area contributed by atoms with Crippen molar-refractivity contribution < 1.29 is 28.5 Å². The molecular formula is C30H40FN3O5. The van der Waals surface area contributed by atoms with Crippen molar-refractivity contribution in [2.24, 2.45) is 5.41 Å². The number of fused-ring (bicyclic) bond motifs is 1. The number of aliphatic carboxylic acids is 1. The summed E-state index contributed by atoms with van der Waals surface area (Å²) in [5.41, 5.74) is 3.65. The lowest BCUT2D eigenvalue weighted by Crippen LogP contribution is -2.34. The number of halogens is 1. The smallest absolute Gasteiger partial charge is 0.325 e. The third-order valence-electron chi connectivity index (χ3n) is 8.13. The van der Waals surface area contributed by atoms with Gasteiger partial charge in [0.05, 0.1) is 31.2 Å². The number of anilines is 1. The van der Waals surface area contributed by atoms with E-state index in [1.165, 1.54) is 12.1 Å². The third kappa shape index (κ3) is 6.81. The van der Waals surface area contributed by atoms with E-state index in [1.807, 2.05) is 11.0 Å². The van der Waals surface area contributed by atoms with Gasteiger partial charge in [-0.1, -0.05) is 6.92 Å². The number of benzene rings is 1. The van der Waals surface area contributed by atoms with Crippen molar-refractivity contribution >= 4 is 11.7 Å². The van der Waals surface area contributed by atoms with E-state index in [0.29, 0.717) is 37.6 Å². The Morgan fingerprint density at radius 1 is 1.28 bits per heavy atom. The van der Waals surface area contributed by atoms with Crippen LogP contribution in [0.4, 0.5) is 10.1 Å². The molecule has 0 amide bonds. The van der Waals surface area contributed by atoms with Crippen LogP contribution in [-0.4, -0.2) is 67.0 Å². The molecule has 2 aromatic rings. The molecule has 0 bridgehead atoms. The molecule has 1 aliphatic carbocycles. The van der Waals surface area contributed by atoms with Crippen molar-refractivity contribution in [3.8, 4) is 11.5 Å². The standard InChI is InChI=1S/C30H40FN3O5/c1-30(11-12-30)19-39-25-9-8-20(31)16-23(25)28(29(35)36)34-14-10-22(18-34)38-15-4-3-6-21-17-26(37-2)27-24(33-21)7-5-13-32-27/h8-9,16-17,22,28,32H,3-7,10-15,18-19H2,1-2H3,(H,35,36)/t22-,28?/m1/s1. The number of carbonyl (C=O) groups is 1. The van der Waals surface area contributed by atoms with Gasteiger partial charge in [-0.25, -0.2) is 4.39 Å². The molecular weight excluding hydrogens is 501 g/mol. The van der Waals surface area contributed by atoms with Crippen LogP contribution in [0.5, 0.6) is 11.5 Å². The molecule has 3 aliphatic rings. The highest BCUT2D eigenvalue weighted by atomic mass is 19.1. The molecule has 3 heterocycles. The number of carboxylic acids is 1. The van der Waals surface area contributed by atoms with Crippen LogP contribution in [0.25, 0.3) is 0 Å². The number of methoxy groups -OCH3 is 1. The minimum absolute atomic E-state index is 0.0526. The van der Waals surface area contributed by atoms with Crippen LogP contribution in [0.3, 0.4) is 0 Å². The molecule has 0 radical (unpaired) electrons. The van der Waals surface area contributed by atoms with Crippen molar-refractivity contribution in [3.05, 3.63) is 47.0 Å². The Morgan fingerprint density at radius 3 is 2.90 bits per heavy atom. The number of nitrogens with zero attached hydrogens (tertiary/aromatic N) is 2. The van der Waals surface area contributed by atoms with Crippen LogP contribution >= 0.6 is 0 Å². The highest BCUT2D eigenvalue weighted by molar-refractivity contribution is 5.77. The largest absolute Gasteiger partial charge is 0.494 e. The Hall–Kier alpha value is -2.91. The number of carboxylic acid groups (broad SMARTS) is 1. The van der Waals surface area contributed by atoms with Crippen LogP contribution in [-0.2, 0) is 22.4 Å². The molecule has 0 spiro atoms. The van der Waals surface area contributed by atoms with Gasteiger partial charge in [0, 0.05) is 49.0 Å². The van der Waals surface area contributed by atoms with Crippen molar-refractivity contribution in [3.63, 3.8) is 0 Å². The lowest BCUT2D eigenvalue weighted by molar-refractivity contribution is -0.143. The summed E-state index contributed by atoms with van der Waals surface area (Å²) in [6.07, 6.45) is 7.60. The number of unbranched alkanes of at least 4 members (excludes halogenated alkanes) is 1. The molecule has 1 aromatic carbocycles. The lowest BCUT2D eigenvalue weighted by Gasteiger charge is -2.26. The van der Waals surface area contributed by atoms with Crippen molar-refractivity contribution in [1.29, 1.82) is 0 Å². The maximum Gasteiger partial charge on any atom is 0.325 e. The van der Waals surface area contributed by atoms with E-state index in [0.717, 1.165) is 80.7 Å². The summed E-state index contributed by atoms with van der Waals surface area (Å²) in [6.45, 7) is 5.26. The fourth-order valence-corrected chi connectivity index (χ4v) is 5.50. The number of rotatable bonds is 13. The highest BCUT2D eigenvalue weighted by Crippen LogP contribution is 2.45. The molecule has 2 N–H and O–H groups in total. The molecule has 212 valence electrons. The Labute approximate surface area is 229 Å². The SMILES string of the molecule is COc1cc(CCCCO[C@@H]2CCN(C(C(=O)O)c3cc(F)ccc3OCC3(C)CC3)C2)nc2c1NCCC2. The first-order valence-corrected chi connectivity index (χ1v) is 14.2. The second-order valence-electron chi connectivity index (χ2n) is 11.4. The Bertz CT molecular complexity index is 1150. The average molecular weight is 542 g/mol. The molecule has 1 aromatic heterocycles. The fraction of sp³-hybridized carbons (Fsp3) is 0.600. The van der Waals surface area contributed by atoms with Gasteiger partial charge < -0.3 is 24.6 Å².